The zero-order valence-electron chi connectivity index (χ0n) is 12.6. The van der Waals surface area contributed by atoms with Gasteiger partial charge in [-0.1, -0.05) is 40.9 Å². The number of halogens is 2. The van der Waals surface area contributed by atoms with Crippen molar-refractivity contribution in [3.05, 3.63) is 69.3 Å². The summed E-state index contributed by atoms with van der Waals surface area (Å²) in [5, 5.41) is 4.78. The van der Waals surface area contributed by atoms with Gasteiger partial charge in [0, 0.05) is 23.6 Å². The van der Waals surface area contributed by atoms with E-state index in [1.54, 1.807) is 18.2 Å². The Hall–Kier alpha value is -1.97. The second-order valence-corrected chi connectivity index (χ2v) is 6.28. The van der Waals surface area contributed by atoms with Crippen molar-refractivity contribution < 1.29 is 4.79 Å². The lowest BCUT2D eigenvalue weighted by atomic mass is 10.1. The Kier molecular flexibility index (Phi) is 4.60. The van der Waals surface area contributed by atoms with Crippen molar-refractivity contribution in [1.29, 1.82) is 0 Å². The van der Waals surface area contributed by atoms with Crippen molar-refractivity contribution >= 4 is 40.0 Å². The van der Waals surface area contributed by atoms with Crippen molar-refractivity contribution in [2.24, 2.45) is 0 Å². The first-order chi connectivity index (χ1) is 11.1. The van der Waals surface area contributed by atoms with E-state index < -0.39 is 0 Å². The predicted molar refractivity (Wildman–Crippen MR) is 95.5 cm³/mol. The van der Waals surface area contributed by atoms with Crippen molar-refractivity contribution in [2.75, 3.05) is 6.54 Å². The summed E-state index contributed by atoms with van der Waals surface area (Å²) in [7, 11) is 0. The summed E-state index contributed by atoms with van der Waals surface area (Å²) in [6, 6.07) is 11.3. The van der Waals surface area contributed by atoms with Gasteiger partial charge in [-0.05, 0) is 43.2 Å². The van der Waals surface area contributed by atoms with Crippen LogP contribution >= 0.6 is 23.2 Å². The molecule has 0 aliphatic rings. The summed E-state index contributed by atoms with van der Waals surface area (Å²) < 4.78 is 0. The molecule has 118 valence electrons. The van der Waals surface area contributed by atoms with Gasteiger partial charge in [-0.2, -0.15) is 0 Å². The fourth-order valence-corrected chi connectivity index (χ4v) is 3.18. The van der Waals surface area contributed by atoms with Crippen LogP contribution in [0.15, 0.2) is 42.6 Å². The van der Waals surface area contributed by atoms with Gasteiger partial charge in [0.05, 0.1) is 15.6 Å². The standard InChI is InChI=1S/C18H16Cl2N2O/c1-11-5-6-16-13(9-11)12(10-22-16)7-8-21-18(23)17-14(19)3-2-4-15(17)20/h2-6,9-10,22H,7-8H2,1H3,(H,21,23). The number of aromatic amines is 1. The minimum atomic E-state index is -0.253. The maximum absolute atomic E-state index is 12.2. The maximum atomic E-state index is 12.2. The topological polar surface area (TPSA) is 44.9 Å². The number of aryl methyl sites for hydroxylation is 1. The van der Waals surface area contributed by atoms with Crippen LogP contribution in [0.1, 0.15) is 21.5 Å². The van der Waals surface area contributed by atoms with Crippen LogP contribution in [0.2, 0.25) is 10.0 Å². The Morgan fingerprint density at radius 2 is 1.91 bits per heavy atom. The molecule has 0 fully saturated rings. The highest BCUT2D eigenvalue weighted by molar-refractivity contribution is 6.39. The molecule has 3 aromatic rings. The molecule has 1 heterocycles. The van der Waals surface area contributed by atoms with Crippen LogP contribution in [-0.2, 0) is 6.42 Å². The molecule has 0 aliphatic heterocycles. The third-order valence-electron chi connectivity index (χ3n) is 3.79. The number of hydrogen-bond donors (Lipinski definition) is 2. The van der Waals surface area contributed by atoms with Crippen molar-refractivity contribution in [1.82, 2.24) is 10.3 Å². The Bertz CT molecular complexity index is 850. The maximum Gasteiger partial charge on any atom is 0.254 e. The second kappa shape index (κ2) is 6.65. The zero-order valence-corrected chi connectivity index (χ0v) is 14.1. The fourth-order valence-electron chi connectivity index (χ4n) is 2.61. The minimum Gasteiger partial charge on any atom is -0.361 e. The summed E-state index contributed by atoms with van der Waals surface area (Å²) in [6.07, 6.45) is 2.72. The summed E-state index contributed by atoms with van der Waals surface area (Å²) in [6.45, 7) is 2.58. The molecule has 3 nitrogen and oxygen atoms in total. The number of aromatic nitrogens is 1. The fraction of sp³-hybridized carbons (Fsp3) is 0.167. The first kappa shape index (κ1) is 15.9. The predicted octanol–water partition coefficient (Wildman–Crippen LogP) is 4.76. The zero-order chi connectivity index (χ0) is 16.4. The molecular formula is C18H16Cl2N2O. The Morgan fingerprint density at radius 3 is 2.65 bits per heavy atom. The summed E-state index contributed by atoms with van der Waals surface area (Å²) in [4.78, 5) is 15.5. The van der Waals surface area contributed by atoms with Crippen LogP contribution in [0, 0.1) is 6.92 Å². The molecule has 3 rings (SSSR count). The lowest BCUT2D eigenvalue weighted by molar-refractivity contribution is 0.0954. The first-order valence-corrected chi connectivity index (χ1v) is 8.10. The molecule has 0 aliphatic carbocycles. The molecule has 1 aromatic heterocycles. The third-order valence-corrected chi connectivity index (χ3v) is 4.42. The van der Waals surface area contributed by atoms with Crippen LogP contribution < -0.4 is 5.32 Å². The average Bonchev–Trinajstić information content (AvgIpc) is 2.89. The molecular weight excluding hydrogens is 331 g/mol. The number of H-pyrrole nitrogens is 1. The number of carbonyl (C=O) groups is 1. The van der Waals surface area contributed by atoms with Gasteiger partial charge in [0.1, 0.15) is 0 Å². The molecule has 0 atom stereocenters. The van der Waals surface area contributed by atoms with Gasteiger partial charge in [-0.25, -0.2) is 0 Å². The molecule has 2 aromatic carbocycles. The summed E-state index contributed by atoms with van der Waals surface area (Å²) in [5.41, 5.74) is 3.82. The van der Waals surface area contributed by atoms with E-state index in [1.807, 2.05) is 6.20 Å². The number of nitrogens with one attached hydrogen (secondary N) is 2. The van der Waals surface area contributed by atoms with E-state index in [1.165, 1.54) is 16.5 Å². The van der Waals surface area contributed by atoms with Crippen molar-refractivity contribution in [3.63, 3.8) is 0 Å². The van der Waals surface area contributed by atoms with Gasteiger partial charge in [0.2, 0.25) is 0 Å². The van der Waals surface area contributed by atoms with Crippen LogP contribution in [0.4, 0.5) is 0 Å². The van der Waals surface area contributed by atoms with E-state index in [-0.39, 0.29) is 5.91 Å². The largest absolute Gasteiger partial charge is 0.361 e. The quantitative estimate of drug-likeness (QED) is 0.702. The molecule has 0 saturated carbocycles. The van der Waals surface area contributed by atoms with E-state index in [2.05, 4.69) is 35.4 Å². The smallest absolute Gasteiger partial charge is 0.254 e. The van der Waals surface area contributed by atoms with Gasteiger partial charge in [0.25, 0.3) is 5.91 Å². The SMILES string of the molecule is Cc1ccc2[nH]cc(CCNC(=O)c3c(Cl)cccc3Cl)c2c1. The molecule has 2 N–H and O–H groups in total. The first-order valence-electron chi connectivity index (χ1n) is 7.35. The molecule has 0 radical (unpaired) electrons. The van der Waals surface area contributed by atoms with Crippen LogP contribution in [0.3, 0.4) is 0 Å². The number of benzene rings is 2. The molecule has 1 amide bonds. The normalized spacial score (nSPS) is 10.9. The number of carbonyl (C=O) groups excluding carboxylic acids is 1. The van der Waals surface area contributed by atoms with Gasteiger partial charge < -0.3 is 10.3 Å². The lowest BCUT2D eigenvalue weighted by Gasteiger charge is -2.08. The molecule has 0 saturated heterocycles. The van der Waals surface area contributed by atoms with Gasteiger partial charge >= 0.3 is 0 Å². The Balaban J connectivity index is 1.69. The molecule has 0 bridgehead atoms. The highest BCUT2D eigenvalue weighted by Crippen LogP contribution is 2.24. The number of rotatable bonds is 4. The molecule has 0 spiro atoms. The summed E-state index contributed by atoms with van der Waals surface area (Å²) in [5.74, 6) is -0.253. The van der Waals surface area contributed by atoms with Crippen LogP contribution in [0.25, 0.3) is 10.9 Å². The monoisotopic (exact) mass is 346 g/mol. The van der Waals surface area contributed by atoms with Gasteiger partial charge in [0.15, 0.2) is 0 Å². The highest BCUT2D eigenvalue weighted by Gasteiger charge is 2.14. The second-order valence-electron chi connectivity index (χ2n) is 5.47. The average molecular weight is 347 g/mol. The Labute approximate surface area is 144 Å². The highest BCUT2D eigenvalue weighted by atomic mass is 35.5. The van der Waals surface area contributed by atoms with Crippen molar-refractivity contribution in [2.45, 2.75) is 13.3 Å². The van der Waals surface area contributed by atoms with E-state index in [4.69, 9.17) is 23.2 Å². The van der Waals surface area contributed by atoms with Crippen LogP contribution in [0.5, 0.6) is 0 Å². The third kappa shape index (κ3) is 3.36. The number of amides is 1. The summed E-state index contributed by atoms with van der Waals surface area (Å²) >= 11 is 12.1. The van der Waals surface area contributed by atoms with E-state index in [9.17, 15) is 4.79 Å². The van der Waals surface area contributed by atoms with Crippen LogP contribution in [-0.4, -0.2) is 17.4 Å². The minimum absolute atomic E-state index is 0.253. The molecule has 23 heavy (non-hydrogen) atoms. The molecule has 0 unspecified atom stereocenters. The van der Waals surface area contributed by atoms with Crippen molar-refractivity contribution in [3.8, 4) is 0 Å². The van der Waals surface area contributed by atoms with E-state index in [0.717, 1.165) is 11.9 Å². The lowest BCUT2D eigenvalue weighted by Crippen LogP contribution is -2.26. The van der Waals surface area contributed by atoms with E-state index >= 15 is 0 Å². The number of hydrogen-bond acceptors (Lipinski definition) is 1. The number of fused-ring (bicyclic) bond motifs is 1. The van der Waals surface area contributed by atoms with Gasteiger partial charge in [-0.15, -0.1) is 0 Å². The van der Waals surface area contributed by atoms with Gasteiger partial charge in [-0.3, -0.25) is 4.79 Å². The molecule has 5 heteroatoms. The Morgan fingerprint density at radius 1 is 1.17 bits per heavy atom. The van der Waals surface area contributed by atoms with E-state index in [0.29, 0.717) is 22.2 Å².